The summed E-state index contributed by atoms with van der Waals surface area (Å²) >= 11 is 1.02. The van der Waals surface area contributed by atoms with Crippen LogP contribution in [0.2, 0.25) is 0 Å². The highest BCUT2D eigenvalue weighted by Gasteiger charge is 2.34. The Balaban J connectivity index is 1.36. The molecule has 0 unspecified atom stereocenters. The lowest BCUT2D eigenvalue weighted by atomic mass is 10.1. The highest BCUT2D eigenvalue weighted by atomic mass is 32.1. The Hall–Kier alpha value is -2.95. The molecule has 2 amide bonds. The number of fused-ring (bicyclic) bond motifs is 1. The fourth-order valence-electron chi connectivity index (χ4n) is 3.34. The van der Waals surface area contributed by atoms with E-state index in [-0.39, 0.29) is 35.6 Å². The Morgan fingerprint density at radius 3 is 2.58 bits per heavy atom. The molecule has 1 aliphatic rings. The van der Waals surface area contributed by atoms with E-state index in [0.717, 1.165) is 23.5 Å². The van der Waals surface area contributed by atoms with Crippen LogP contribution in [0.15, 0.2) is 36.4 Å². The zero-order valence-electron chi connectivity index (χ0n) is 15.9. The normalized spacial score (nSPS) is 15.3. The molecule has 0 radical (unpaired) electrons. The summed E-state index contributed by atoms with van der Waals surface area (Å²) in [6.45, 7) is 0.525. The first-order valence-corrected chi connectivity index (χ1v) is 10.2. The zero-order chi connectivity index (χ0) is 22.2. The third-order valence-corrected chi connectivity index (χ3v) is 5.76. The number of hydrogen-bond acceptors (Lipinski definition) is 4. The van der Waals surface area contributed by atoms with Gasteiger partial charge in [-0.2, -0.15) is 18.2 Å². The Bertz CT molecular complexity index is 1110. The van der Waals surface area contributed by atoms with Crippen LogP contribution >= 0.6 is 11.3 Å². The van der Waals surface area contributed by atoms with Gasteiger partial charge in [0.25, 0.3) is 5.19 Å². The second-order valence-electron chi connectivity index (χ2n) is 6.99. The topological polar surface area (TPSA) is 54.5 Å². The average Bonchev–Trinajstić information content (AvgIpc) is 3.10. The van der Waals surface area contributed by atoms with Crippen molar-refractivity contribution in [2.45, 2.75) is 25.1 Å². The predicted octanol–water partition coefficient (Wildman–Crippen LogP) is 5.67. The summed E-state index contributed by atoms with van der Waals surface area (Å²) in [6.07, 6.45) is -4.05. The number of amides is 2. The minimum absolute atomic E-state index is 0.0292. The third kappa shape index (κ3) is 4.71. The van der Waals surface area contributed by atoms with Crippen molar-refractivity contribution >= 4 is 33.3 Å². The Kier molecular flexibility index (Phi) is 5.69. The number of nitrogens with zero attached hydrogens (tertiary/aromatic N) is 2. The molecule has 11 heteroatoms. The number of anilines is 1. The number of urea groups is 1. The number of rotatable bonds is 3. The summed E-state index contributed by atoms with van der Waals surface area (Å²) in [4.78, 5) is 17.9. The van der Waals surface area contributed by atoms with E-state index in [9.17, 15) is 26.7 Å². The van der Waals surface area contributed by atoms with Crippen LogP contribution in [0, 0.1) is 11.6 Å². The van der Waals surface area contributed by atoms with Crippen LogP contribution in [-0.4, -0.2) is 35.1 Å². The van der Waals surface area contributed by atoms with E-state index in [1.54, 1.807) is 0 Å². The molecule has 1 aliphatic heterocycles. The zero-order valence-corrected chi connectivity index (χ0v) is 16.7. The van der Waals surface area contributed by atoms with Gasteiger partial charge < -0.3 is 15.0 Å². The Labute approximate surface area is 177 Å². The molecule has 2 heterocycles. The summed E-state index contributed by atoms with van der Waals surface area (Å²) < 4.78 is 72.5. The molecule has 1 fully saturated rings. The van der Waals surface area contributed by atoms with Crippen LogP contribution in [0.3, 0.4) is 0 Å². The largest absolute Gasteiger partial charge is 0.467 e. The summed E-state index contributed by atoms with van der Waals surface area (Å²) in [5.41, 5.74) is -1.19. The van der Waals surface area contributed by atoms with Crippen LogP contribution in [0.4, 0.5) is 32.4 Å². The number of para-hydroxylation sites is 1. The molecule has 2 aromatic carbocycles. The maximum atomic E-state index is 13.8. The number of piperidine rings is 1. The maximum Gasteiger partial charge on any atom is 0.418 e. The van der Waals surface area contributed by atoms with Crippen LogP contribution in [-0.2, 0) is 6.18 Å². The van der Waals surface area contributed by atoms with E-state index in [1.165, 1.54) is 29.2 Å². The van der Waals surface area contributed by atoms with Crippen LogP contribution < -0.4 is 10.1 Å². The second kappa shape index (κ2) is 8.29. The summed E-state index contributed by atoms with van der Waals surface area (Å²) in [7, 11) is 0. The van der Waals surface area contributed by atoms with Gasteiger partial charge in [0.2, 0.25) is 0 Å². The number of halogens is 5. The van der Waals surface area contributed by atoms with Crippen LogP contribution in [0.25, 0.3) is 10.2 Å². The van der Waals surface area contributed by atoms with E-state index < -0.39 is 29.4 Å². The van der Waals surface area contributed by atoms with Gasteiger partial charge in [-0.25, -0.2) is 13.6 Å². The highest BCUT2D eigenvalue weighted by molar-refractivity contribution is 7.20. The predicted molar refractivity (Wildman–Crippen MR) is 105 cm³/mol. The van der Waals surface area contributed by atoms with Gasteiger partial charge >= 0.3 is 12.2 Å². The highest BCUT2D eigenvalue weighted by Crippen LogP contribution is 2.35. The molecule has 1 aromatic heterocycles. The number of benzene rings is 2. The van der Waals surface area contributed by atoms with Gasteiger partial charge in [0.05, 0.1) is 16.0 Å². The summed E-state index contributed by atoms with van der Waals surface area (Å²) in [6, 6.07) is 6.07. The SMILES string of the molecule is O=C(Nc1ccccc1C(F)(F)F)N1CCC(Oc2nc3c(F)cc(F)cc3s2)CC1. The number of ether oxygens (including phenoxy) is 1. The summed E-state index contributed by atoms with van der Waals surface area (Å²) in [5, 5.41) is 2.52. The molecular formula is C20H16F5N3O2S. The number of thiazole rings is 1. The van der Waals surface area contributed by atoms with Crippen molar-refractivity contribution in [3.63, 3.8) is 0 Å². The summed E-state index contributed by atoms with van der Waals surface area (Å²) in [5.74, 6) is -1.47. The number of carbonyl (C=O) groups is 1. The number of hydrogen-bond donors (Lipinski definition) is 1. The lowest BCUT2D eigenvalue weighted by Gasteiger charge is -2.31. The van der Waals surface area contributed by atoms with E-state index in [0.29, 0.717) is 17.5 Å². The quantitative estimate of drug-likeness (QED) is 0.516. The van der Waals surface area contributed by atoms with Gasteiger partial charge in [-0.3, -0.25) is 0 Å². The molecular weight excluding hydrogens is 441 g/mol. The maximum absolute atomic E-state index is 13.8. The molecule has 164 valence electrons. The standard InChI is InChI=1S/C20H16F5N3O2S/c21-11-9-14(22)17-16(10-11)31-19(27-17)30-12-5-7-28(8-6-12)18(29)26-15-4-2-1-3-13(15)20(23,24)25/h1-4,9-10,12H,5-8H2,(H,26,29). The molecule has 0 saturated carbocycles. The fourth-order valence-corrected chi connectivity index (χ4v) is 4.26. The lowest BCUT2D eigenvalue weighted by Crippen LogP contribution is -2.44. The number of likely N-dealkylation sites (tertiary alicyclic amines) is 1. The van der Waals surface area contributed by atoms with Crippen molar-refractivity contribution in [1.29, 1.82) is 0 Å². The molecule has 0 spiro atoms. The average molecular weight is 457 g/mol. The Morgan fingerprint density at radius 2 is 1.87 bits per heavy atom. The molecule has 4 rings (SSSR count). The van der Waals surface area contributed by atoms with Crippen molar-refractivity contribution in [3.05, 3.63) is 53.6 Å². The smallest absolute Gasteiger partial charge is 0.418 e. The molecule has 0 bridgehead atoms. The third-order valence-electron chi connectivity index (χ3n) is 4.86. The van der Waals surface area contributed by atoms with E-state index >= 15 is 0 Å². The van der Waals surface area contributed by atoms with Crippen LogP contribution in [0.1, 0.15) is 18.4 Å². The van der Waals surface area contributed by atoms with Crippen molar-refractivity contribution in [1.82, 2.24) is 9.88 Å². The fraction of sp³-hybridized carbons (Fsp3) is 0.300. The van der Waals surface area contributed by atoms with E-state index in [2.05, 4.69) is 10.3 Å². The first-order chi connectivity index (χ1) is 14.7. The van der Waals surface area contributed by atoms with Gasteiger partial charge in [0.15, 0.2) is 5.82 Å². The van der Waals surface area contributed by atoms with Crippen molar-refractivity contribution in [2.75, 3.05) is 18.4 Å². The Morgan fingerprint density at radius 1 is 1.16 bits per heavy atom. The van der Waals surface area contributed by atoms with Gasteiger partial charge in [-0.15, -0.1) is 0 Å². The molecule has 3 aromatic rings. The molecule has 5 nitrogen and oxygen atoms in total. The van der Waals surface area contributed by atoms with E-state index in [1.807, 2.05) is 0 Å². The molecule has 31 heavy (non-hydrogen) atoms. The van der Waals surface area contributed by atoms with Crippen molar-refractivity contribution in [3.8, 4) is 5.19 Å². The molecule has 1 saturated heterocycles. The molecule has 1 N–H and O–H groups in total. The number of nitrogens with one attached hydrogen (secondary N) is 1. The van der Waals surface area contributed by atoms with Gasteiger partial charge in [0, 0.05) is 32.0 Å². The second-order valence-corrected chi connectivity index (χ2v) is 7.99. The van der Waals surface area contributed by atoms with Crippen LogP contribution in [0.5, 0.6) is 5.19 Å². The lowest BCUT2D eigenvalue weighted by molar-refractivity contribution is -0.136. The minimum Gasteiger partial charge on any atom is -0.467 e. The van der Waals surface area contributed by atoms with Crippen molar-refractivity contribution < 1.29 is 31.5 Å². The molecule has 0 atom stereocenters. The number of carbonyl (C=O) groups excluding carboxylic acids is 1. The first kappa shape index (κ1) is 21.3. The first-order valence-electron chi connectivity index (χ1n) is 9.35. The molecule has 0 aliphatic carbocycles. The van der Waals surface area contributed by atoms with Gasteiger partial charge in [0.1, 0.15) is 17.4 Å². The van der Waals surface area contributed by atoms with Gasteiger partial charge in [-0.1, -0.05) is 23.5 Å². The van der Waals surface area contributed by atoms with Crippen molar-refractivity contribution in [2.24, 2.45) is 0 Å². The monoisotopic (exact) mass is 457 g/mol. The van der Waals surface area contributed by atoms with Gasteiger partial charge in [-0.05, 0) is 18.2 Å². The van der Waals surface area contributed by atoms with E-state index in [4.69, 9.17) is 4.74 Å². The minimum atomic E-state index is -4.58. The number of alkyl halides is 3. The number of aromatic nitrogens is 1.